The topological polar surface area (TPSA) is 32.7 Å². The summed E-state index contributed by atoms with van der Waals surface area (Å²) >= 11 is 0. The van der Waals surface area contributed by atoms with E-state index in [-0.39, 0.29) is 18.6 Å². The van der Waals surface area contributed by atoms with Crippen LogP contribution in [-0.4, -0.2) is 37.8 Å². The fraction of sp³-hybridized carbons (Fsp3) is 0.571. The number of ether oxygens (including phenoxy) is 1. The maximum atomic E-state index is 9.36. The fourth-order valence-corrected chi connectivity index (χ4v) is 2.30. The van der Waals surface area contributed by atoms with Crippen LogP contribution in [0.5, 0.6) is 5.75 Å². The Morgan fingerprint density at radius 2 is 2.00 bits per heavy atom. The maximum Gasteiger partial charge on any atom is 0.119 e. The number of rotatable bonds is 5. The van der Waals surface area contributed by atoms with Crippen molar-refractivity contribution in [1.82, 2.24) is 4.90 Å². The highest BCUT2D eigenvalue weighted by molar-refractivity contribution is 5.37. The van der Waals surface area contributed by atoms with Gasteiger partial charge in [0.1, 0.15) is 5.75 Å². The molecular weight excluding hydrogens is 214 g/mol. The lowest BCUT2D eigenvalue weighted by Crippen LogP contribution is -2.28. The van der Waals surface area contributed by atoms with E-state index >= 15 is 0 Å². The molecule has 0 aliphatic carbocycles. The van der Waals surface area contributed by atoms with Gasteiger partial charge >= 0.3 is 0 Å². The van der Waals surface area contributed by atoms with Gasteiger partial charge in [0.25, 0.3) is 0 Å². The smallest absolute Gasteiger partial charge is 0.119 e. The number of nitrogens with zero attached hydrogens (tertiary/aromatic N) is 1. The van der Waals surface area contributed by atoms with E-state index < -0.39 is 0 Å². The average Bonchev–Trinajstić information content (AvgIpc) is 2.30. The van der Waals surface area contributed by atoms with Gasteiger partial charge in [0, 0.05) is 12.6 Å². The second kappa shape index (κ2) is 6.03. The number of aryl methyl sites for hydroxylation is 1. The van der Waals surface area contributed by atoms with Crippen LogP contribution >= 0.6 is 0 Å². The molecule has 0 heterocycles. The molecule has 0 saturated carbocycles. The van der Waals surface area contributed by atoms with Crippen molar-refractivity contribution in [2.45, 2.75) is 19.9 Å². The van der Waals surface area contributed by atoms with Crippen LogP contribution in [0.2, 0.25) is 0 Å². The number of aliphatic hydroxyl groups is 1. The molecular formula is C14H23NO2. The molecule has 1 aromatic rings. The predicted octanol–water partition coefficient (Wildman–Crippen LogP) is 2.23. The van der Waals surface area contributed by atoms with Crippen molar-refractivity contribution < 1.29 is 9.84 Å². The highest BCUT2D eigenvalue weighted by atomic mass is 16.5. The molecule has 0 amide bonds. The standard InChI is InChI=1S/C14H23NO2/c1-10-8-12(17-5)6-7-13(10)14(15(3)4)11(2)9-16/h6-8,11,14,16H,9H2,1-5H3. The molecule has 0 aliphatic rings. The zero-order chi connectivity index (χ0) is 13.0. The molecule has 17 heavy (non-hydrogen) atoms. The summed E-state index contributed by atoms with van der Waals surface area (Å²) in [6, 6.07) is 6.33. The zero-order valence-corrected chi connectivity index (χ0v) is 11.4. The Balaban J connectivity index is 3.10. The minimum absolute atomic E-state index is 0.189. The highest BCUT2D eigenvalue weighted by Gasteiger charge is 2.22. The minimum Gasteiger partial charge on any atom is -0.497 e. The Bertz CT molecular complexity index is 363. The molecule has 0 bridgehead atoms. The van der Waals surface area contributed by atoms with Gasteiger partial charge in [0.05, 0.1) is 7.11 Å². The third-order valence-electron chi connectivity index (χ3n) is 3.18. The summed E-state index contributed by atoms with van der Waals surface area (Å²) in [4.78, 5) is 2.15. The van der Waals surface area contributed by atoms with Gasteiger partial charge in [0.15, 0.2) is 0 Å². The Morgan fingerprint density at radius 1 is 1.35 bits per heavy atom. The lowest BCUT2D eigenvalue weighted by atomic mass is 9.91. The minimum atomic E-state index is 0.189. The molecule has 0 fully saturated rings. The Hall–Kier alpha value is -1.06. The van der Waals surface area contributed by atoms with Crippen LogP contribution in [0.15, 0.2) is 18.2 Å². The molecule has 3 nitrogen and oxygen atoms in total. The van der Waals surface area contributed by atoms with E-state index in [2.05, 4.69) is 24.8 Å². The average molecular weight is 237 g/mol. The van der Waals surface area contributed by atoms with Crippen LogP contribution in [0.4, 0.5) is 0 Å². The summed E-state index contributed by atoms with van der Waals surface area (Å²) in [5.41, 5.74) is 2.45. The lowest BCUT2D eigenvalue weighted by molar-refractivity contribution is 0.145. The molecule has 0 aliphatic heterocycles. The predicted molar refractivity (Wildman–Crippen MR) is 70.4 cm³/mol. The van der Waals surface area contributed by atoms with Crippen LogP contribution in [0.25, 0.3) is 0 Å². The Morgan fingerprint density at radius 3 is 2.41 bits per heavy atom. The van der Waals surface area contributed by atoms with E-state index in [9.17, 15) is 5.11 Å². The van der Waals surface area contributed by atoms with Crippen molar-refractivity contribution in [3.05, 3.63) is 29.3 Å². The number of hydrogen-bond acceptors (Lipinski definition) is 3. The first-order valence-electron chi connectivity index (χ1n) is 5.93. The Labute approximate surface area is 104 Å². The quantitative estimate of drug-likeness (QED) is 0.852. The molecule has 1 N–H and O–H groups in total. The molecule has 0 aromatic heterocycles. The van der Waals surface area contributed by atoms with Crippen molar-refractivity contribution in [1.29, 1.82) is 0 Å². The molecule has 1 aromatic carbocycles. The third-order valence-corrected chi connectivity index (χ3v) is 3.18. The maximum absolute atomic E-state index is 9.36. The monoisotopic (exact) mass is 237 g/mol. The first-order chi connectivity index (χ1) is 8.01. The molecule has 0 radical (unpaired) electrons. The van der Waals surface area contributed by atoms with Gasteiger partial charge in [-0.1, -0.05) is 13.0 Å². The van der Waals surface area contributed by atoms with Crippen LogP contribution in [0.3, 0.4) is 0 Å². The molecule has 2 atom stereocenters. The van der Waals surface area contributed by atoms with Gasteiger partial charge in [-0.05, 0) is 50.2 Å². The van der Waals surface area contributed by atoms with E-state index in [1.807, 2.05) is 26.2 Å². The Kier molecular flexibility index (Phi) is 4.97. The van der Waals surface area contributed by atoms with Gasteiger partial charge in [-0.3, -0.25) is 0 Å². The van der Waals surface area contributed by atoms with E-state index in [0.29, 0.717) is 0 Å². The SMILES string of the molecule is COc1ccc(C(C(C)CO)N(C)C)c(C)c1. The second-order valence-corrected chi connectivity index (χ2v) is 4.79. The van der Waals surface area contributed by atoms with Crippen LogP contribution < -0.4 is 4.74 Å². The van der Waals surface area contributed by atoms with Crippen molar-refractivity contribution in [2.24, 2.45) is 5.92 Å². The molecule has 0 spiro atoms. The first-order valence-corrected chi connectivity index (χ1v) is 5.93. The molecule has 96 valence electrons. The summed E-state index contributed by atoms with van der Waals surface area (Å²) < 4.78 is 5.21. The van der Waals surface area contributed by atoms with Gasteiger partial charge in [0.2, 0.25) is 0 Å². The van der Waals surface area contributed by atoms with Gasteiger partial charge in [-0.2, -0.15) is 0 Å². The fourth-order valence-electron chi connectivity index (χ4n) is 2.30. The van der Waals surface area contributed by atoms with Crippen molar-refractivity contribution in [2.75, 3.05) is 27.8 Å². The molecule has 0 saturated heterocycles. The van der Waals surface area contributed by atoms with Gasteiger partial charge in [-0.15, -0.1) is 0 Å². The van der Waals surface area contributed by atoms with Gasteiger partial charge in [-0.25, -0.2) is 0 Å². The van der Waals surface area contributed by atoms with E-state index in [0.717, 1.165) is 5.75 Å². The van der Waals surface area contributed by atoms with Crippen LogP contribution in [-0.2, 0) is 0 Å². The molecule has 1 rings (SSSR count). The number of methoxy groups -OCH3 is 1. The molecule has 3 heteroatoms. The summed E-state index contributed by atoms with van der Waals surface area (Å²) in [6.45, 7) is 4.33. The normalized spacial score (nSPS) is 14.8. The lowest BCUT2D eigenvalue weighted by Gasteiger charge is -2.30. The van der Waals surface area contributed by atoms with E-state index in [1.54, 1.807) is 7.11 Å². The van der Waals surface area contributed by atoms with Crippen LogP contribution in [0.1, 0.15) is 24.1 Å². The summed E-state index contributed by atoms with van der Waals surface area (Å²) in [6.07, 6.45) is 0. The summed E-state index contributed by atoms with van der Waals surface area (Å²) in [7, 11) is 5.76. The molecule has 2 unspecified atom stereocenters. The van der Waals surface area contributed by atoms with E-state index in [4.69, 9.17) is 4.74 Å². The van der Waals surface area contributed by atoms with Crippen molar-refractivity contribution in [3.8, 4) is 5.75 Å². The number of aliphatic hydroxyl groups excluding tert-OH is 1. The highest BCUT2D eigenvalue weighted by Crippen LogP contribution is 2.30. The number of benzene rings is 1. The summed E-state index contributed by atoms with van der Waals surface area (Å²) in [5, 5.41) is 9.36. The van der Waals surface area contributed by atoms with Crippen molar-refractivity contribution >= 4 is 0 Å². The van der Waals surface area contributed by atoms with Crippen LogP contribution in [0, 0.1) is 12.8 Å². The first kappa shape index (κ1) is 14.0. The van der Waals surface area contributed by atoms with E-state index in [1.165, 1.54) is 11.1 Å². The zero-order valence-electron chi connectivity index (χ0n) is 11.4. The van der Waals surface area contributed by atoms with Gasteiger partial charge < -0.3 is 14.7 Å². The summed E-state index contributed by atoms with van der Waals surface area (Å²) in [5.74, 6) is 1.08. The third kappa shape index (κ3) is 3.20. The largest absolute Gasteiger partial charge is 0.497 e. The second-order valence-electron chi connectivity index (χ2n) is 4.79. The number of hydrogen-bond donors (Lipinski definition) is 1. The van der Waals surface area contributed by atoms with Crippen molar-refractivity contribution in [3.63, 3.8) is 0 Å².